The molecule has 7 nitrogen and oxygen atoms in total. The van der Waals surface area contributed by atoms with Gasteiger partial charge in [-0.05, 0) is 31.0 Å². The smallest absolute Gasteiger partial charge is 0.333 e. The molecule has 0 saturated carbocycles. The van der Waals surface area contributed by atoms with E-state index in [0.717, 1.165) is 10.1 Å². The number of hydrogen-bond donors (Lipinski definition) is 0. The summed E-state index contributed by atoms with van der Waals surface area (Å²) in [6.45, 7) is 2.07. The molecule has 0 aliphatic heterocycles. The van der Waals surface area contributed by atoms with E-state index in [1.807, 2.05) is 25.1 Å². The van der Waals surface area contributed by atoms with E-state index in [0.29, 0.717) is 29.3 Å². The van der Waals surface area contributed by atoms with Gasteiger partial charge in [0.05, 0.1) is 13.7 Å². The molecule has 0 amide bonds. The highest BCUT2D eigenvalue weighted by Gasteiger charge is 2.18. The van der Waals surface area contributed by atoms with E-state index in [4.69, 9.17) is 11.2 Å². The number of nitrogens with zero attached hydrogens (tertiary/aromatic N) is 4. The average Bonchev–Trinajstić information content (AvgIpc) is 3.00. The number of terminal acetylenes is 1. The highest BCUT2D eigenvalue weighted by atomic mass is 16.5. The molecule has 0 saturated heterocycles. The van der Waals surface area contributed by atoms with Gasteiger partial charge in [-0.25, -0.2) is 14.3 Å². The van der Waals surface area contributed by atoms with E-state index in [1.165, 1.54) is 4.57 Å². The third kappa shape index (κ3) is 3.11. The second-order valence-corrected chi connectivity index (χ2v) is 5.77. The van der Waals surface area contributed by atoms with Crippen LogP contribution in [0.1, 0.15) is 18.3 Å². The van der Waals surface area contributed by atoms with E-state index in [2.05, 4.69) is 22.7 Å². The topological polar surface area (TPSA) is 71.1 Å². The van der Waals surface area contributed by atoms with Crippen molar-refractivity contribution in [2.24, 2.45) is 7.05 Å². The Labute approximate surface area is 155 Å². The van der Waals surface area contributed by atoms with Crippen molar-refractivity contribution in [3.8, 4) is 29.9 Å². The Balaban J connectivity index is 2.23. The minimum atomic E-state index is -0.474. The summed E-state index contributed by atoms with van der Waals surface area (Å²) in [5.41, 5.74) is 0.402. The zero-order chi connectivity index (χ0) is 19.6. The number of methoxy groups -OCH3 is 1. The predicted molar refractivity (Wildman–Crippen MR) is 103 cm³/mol. The SMILES string of the molecule is C#CCn1c(=O)c2c(nc(C#Cc3cccc(OC)c3)n2C)n(CC)c1=O. The van der Waals surface area contributed by atoms with Gasteiger partial charge in [0.25, 0.3) is 5.56 Å². The van der Waals surface area contributed by atoms with Gasteiger partial charge in [0.2, 0.25) is 0 Å². The van der Waals surface area contributed by atoms with Crippen LogP contribution in [0, 0.1) is 24.2 Å². The van der Waals surface area contributed by atoms with Crippen LogP contribution in [-0.4, -0.2) is 25.8 Å². The van der Waals surface area contributed by atoms with Crippen LogP contribution in [-0.2, 0) is 20.1 Å². The van der Waals surface area contributed by atoms with E-state index < -0.39 is 11.2 Å². The summed E-state index contributed by atoms with van der Waals surface area (Å²) in [5.74, 6) is 9.39. The lowest BCUT2D eigenvalue weighted by atomic mass is 10.2. The summed E-state index contributed by atoms with van der Waals surface area (Å²) < 4.78 is 9.23. The van der Waals surface area contributed by atoms with Gasteiger partial charge in [-0.15, -0.1) is 6.42 Å². The molecule has 1 aromatic carbocycles. The molecule has 0 aliphatic rings. The maximum Gasteiger partial charge on any atom is 0.333 e. The Kier molecular flexibility index (Phi) is 4.87. The Bertz CT molecular complexity index is 1240. The molecule has 7 heteroatoms. The van der Waals surface area contributed by atoms with Crippen LogP contribution in [0.5, 0.6) is 5.75 Å². The number of fused-ring (bicyclic) bond motifs is 1. The van der Waals surface area contributed by atoms with E-state index in [1.54, 1.807) is 24.8 Å². The third-order valence-electron chi connectivity index (χ3n) is 4.20. The molecule has 0 bridgehead atoms. The second-order valence-electron chi connectivity index (χ2n) is 5.77. The molecular weight excluding hydrogens is 344 g/mol. The second kappa shape index (κ2) is 7.27. The van der Waals surface area contributed by atoms with Crippen LogP contribution < -0.4 is 16.0 Å². The molecular formula is C20H18N4O3. The van der Waals surface area contributed by atoms with Crippen molar-refractivity contribution in [2.75, 3.05) is 7.11 Å². The molecule has 0 aliphatic carbocycles. The molecule has 136 valence electrons. The van der Waals surface area contributed by atoms with Crippen molar-refractivity contribution >= 4 is 11.2 Å². The van der Waals surface area contributed by atoms with E-state index in [-0.39, 0.29) is 6.54 Å². The minimum Gasteiger partial charge on any atom is -0.497 e. The number of benzene rings is 1. The van der Waals surface area contributed by atoms with Crippen LogP contribution in [0.3, 0.4) is 0 Å². The van der Waals surface area contributed by atoms with Gasteiger partial charge in [-0.1, -0.05) is 17.9 Å². The zero-order valence-corrected chi connectivity index (χ0v) is 15.3. The summed E-state index contributed by atoms with van der Waals surface area (Å²) in [6.07, 6.45) is 5.30. The number of aryl methyl sites for hydroxylation is 2. The van der Waals surface area contributed by atoms with Gasteiger partial charge in [0.15, 0.2) is 17.0 Å². The lowest BCUT2D eigenvalue weighted by molar-refractivity contribution is 0.414. The first-order valence-electron chi connectivity index (χ1n) is 8.31. The molecule has 0 unspecified atom stereocenters. The van der Waals surface area contributed by atoms with Crippen LogP contribution in [0.4, 0.5) is 0 Å². The van der Waals surface area contributed by atoms with Crippen molar-refractivity contribution in [1.29, 1.82) is 0 Å². The number of imidazole rings is 1. The van der Waals surface area contributed by atoms with Gasteiger partial charge in [-0.3, -0.25) is 9.36 Å². The molecule has 0 spiro atoms. The van der Waals surface area contributed by atoms with Gasteiger partial charge in [0.1, 0.15) is 5.75 Å². The standard InChI is InChI=1S/C20H18N4O3/c1-5-12-24-19(25)17-18(23(6-2)20(24)26)21-16(22(17)3)11-10-14-8-7-9-15(13-14)27-4/h1,7-9,13H,6,12H2,2-4H3. The quantitative estimate of drug-likeness (QED) is 0.651. The fourth-order valence-corrected chi connectivity index (χ4v) is 2.82. The maximum absolute atomic E-state index is 12.7. The minimum absolute atomic E-state index is 0.0936. The number of hydrogen-bond acceptors (Lipinski definition) is 4. The van der Waals surface area contributed by atoms with Gasteiger partial charge in [-0.2, -0.15) is 0 Å². The van der Waals surface area contributed by atoms with Crippen LogP contribution in [0.2, 0.25) is 0 Å². The third-order valence-corrected chi connectivity index (χ3v) is 4.20. The highest BCUT2D eigenvalue weighted by molar-refractivity contribution is 5.72. The Morgan fingerprint density at radius 2 is 2.00 bits per heavy atom. The average molecular weight is 362 g/mol. The predicted octanol–water partition coefficient (Wildman–Crippen LogP) is 0.958. The van der Waals surface area contributed by atoms with Crippen molar-refractivity contribution in [3.63, 3.8) is 0 Å². The van der Waals surface area contributed by atoms with E-state index >= 15 is 0 Å². The Morgan fingerprint density at radius 1 is 1.22 bits per heavy atom. The van der Waals surface area contributed by atoms with Crippen LogP contribution >= 0.6 is 0 Å². The maximum atomic E-state index is 12.7. The summed E-state index contributed by atoms with van der Waals surface area (Å²) in [4.78, 5) is 29.7. The molecule has 3 rings (SSSR count). The first-order chi connectivity index (χ1) is 13.0. The summed E-state index contributed by atoms with van der Waals surface area (Å²) in [5, 5.41) is 0. The van der Waals surface area contributed by atoms with Gasteiger partial charge in [0, 0.05) is 19.2 Å². The number of ether oxygens (including phenoxy) is 1. The van der Waals surface area contributed by atoms with Crippen molar-refractivity contribution < 1.29 is 4.74 Å². The molecule has 0 N–H and O–H groups in total. The largest absolute Gasteiger partial charge is 0.497 e. The molecule has 0 fully saturated rings. The number of rotatable bonds is 3. The Hall–Kier alpha value is -3.71. The molecule has 0 radical (unpaired) electrons. The normalized spacial score (nSPS) is 10.3. The van der Waals surface area contributed by atoms with Gasteiger partial charge >= 0.3 is 5.69 Å². The fraction of sp³-hybridized carbons (Fsp3) is 0.250. The van der Waals surface area contributed by atoms with Crippen LogP contribution in [0.15, 0.2) is 33.9 Å². The summed E-state index contributed by atoms with van der Waals surface area (Å²) >= 11 is 0. The lowest BCUT2D eigenvalue weighted by Crippen LogP contribution is -2.40. The van der Waals surface area contributed by atoms with Crippen molar-refractivity contribution in [2.45, 2.75) is 20.0 Å². The lowest BCUT2D eigenvalue weighted by Gasteiger charge is -2.07. The summed E-state index contributed by atoms with van der Waals surface area (Å²) in [7, 11) is 3.28. The zero-order valence-electron chi connectivity index (χ0n) is 15.3. The van der Waals surface area contributed by atoms with Crippen molar-refractivity contribution in [3.05, 3.63) is 56.5 Å². The molecule has 27 heavy (non-hydrogen) atoms. The first-order valence-corrected chi connectivity index (χ1v) is 8.31. The Morgan fingerprint density at radius 3 is 2.67 bits per heavy atom. The highest BCUT2D eigenvalue weighted by Crippen LogP contribution is 2.12. The van der Waals surface area contributed by atoms with E-state index in [9.17, 15) is 9.59 Å². The summed E-state index contributed by atoms with van der Waals surface area (Å²) in [6, 6.07) is 7.32. The van der Waals surface area contributed by atoms with Crippen molar-refractivity contribution in [1.82, 2.24) is 18.7 Å². The van der Waals surface area contributed by atoms with Crippen LogP contribution in [0.25, 0.3) is 11.2 Å². The van der Waals surface area contributed by atoms with Gasteiger partial charge < -0.3 is 9.30 Å². The molecule has 2 heterocycles. The number of aromatic nitrogens is 4. The molecule has 3 aromatic rings. The first kappa shape index (κ1) is 18.1. The monoisotopic (exact) mass is 362 g/mol. The molecule has 0 atom stereocenters. The molecule has 2 aromatic heterocycles. The fourth-order valence-electron chi connectivity index (χ4n) is 2.82.